The molecule has 0 radical (unpaired) electrons. The largest absolute Gasteiger partial charge is 0.573 e. The second-order valence-electron chi connectivity index (χ2n) is 3.14. The van der Waals surface area contributed by atoms with Crippen LogP contribution < -0.4 is 4.74 Å². The summed E-state index contributed by atoms with van der Waals surface area (Å²) in [6.07, 6.45) is -3.27. The average Bonchev–Trinajstić information content (AvgIpc) is 2.18. The van der Waals surface area contributed by atoms with Crippen LogP contribution in [0.2, 0.25) is 5.02 Å². The molecule has 0 unspecified atom stereocenters. The van der Waals surface area contributed by atoms with Crippen molar-refractivity contribution in [2.75, 3.05) is 0 Å². The number of nitrogens with zero attached hydrogens (tertiary/aromatic N) is 1. The number of hydrogen-bond donors (Lipinski definition) is 0. The van der Waals surface area contributed by atoms with E-state index in [0.29, 0.717) is 15.9 Å². The van der Waals surface area contributed by atoms with E-state index in [1.807, 2.05) is 0 Å². The molecule has 0 saturated carbocycles. The predicted molar refractivity (Wildman–Crippen MR) is 61.1 cm³/mol. The molecule has 0 saturated heterocycles. The molecule has 1 aromatic carbocycles. The van der Waals surface area contributed by atoms with Crippen molar-refractivity contribution in [1.29, 1.82) is 0 Å². The standard InChI is InChI=1S/C10H4BrClF3NO/c11-6-4-8-5(7(12)1-2-16-8)3-9(6)17-10(13,14)15/h1-4H. The van der Waals surface area contributed by atoms with Crippen molar-refractivity contribution in [3.05, 3.63) is 33.9 Å². The van der Waals surface area contributed by atoms with E-state index in [2.05, 4.69) is 25.7 Å². The third-order valence-electron chi connectivity index (χ3n) is 1.97. The molecule has 0 aliphatic heterocycles. The molecule has 1 heterocycles. The second kappa shape index (κ2) is 4.34. The van der Waals surface area contributed by atoms with E-state index in [0.717, 1.165) is 0 Å². The van der Waals surface area contributed by atoms with E-state index in [1.165, 1.54) is 24.4 Å². The zero-order chi connectivity index (χ0) is 12.6. The number of rotatable bonds is 1. The van der Waals surface area contributed by atoms with Gasteiger partial charge in [-0.1, -0.05) is 11.6 Å². The Balaban J connectivity index is 2.58. The Labute approximate surface area is 107 Å². The molecule has 0 atom stereocenters. The van der Waals surface area contributed by atoms with Gasteiger partial charge < -0.3 is 4.74 Å². The zero-order valence-electron chi connectivity index (χ0n) is 8.05. The van der Waals surface area contributed by atoms with Gasteiger partial charge >= 0.3 is 6.36 Å². The number of hydrogen-bond acceptors (Lipinski definition) is 2. The fraction of sp³-hybridized carbons (Fsp3) is 0.100. The van der Waals surface area contributed by atoms with Crippen LogP contribution in [0.1, 0.15) is 0 Å². The number of halogens is 5. The summed E-state index contributed by atoms with van der Waals surface area (Å²) in [5.41, 5.74) is 0.485. The van der Waals surface area contributed by atoms with Crippen molar-refractivity contribution in [2.24, 2.45) is 0 Å². The van der Waals surface area contributed by atoms with Gasteiger partial charge in [0.05, 0.1) is 15.0 Å². The average molecular weight is 326 g/mol. The van der Waals surface area contributed by atoms with Crippen LogP contribution in [0.5, 0.6) is 5.75 Å². The SMILES string of the molecule is FC(F)(F)Oc1cc2c(Cl)ccnc2cc1Br. The van der Waals surface area contributed by atoms with Gasteiger partial charge in [0.25, 0.3) is 0 Å². The number of aromatic nitrogens is 1. The minimum atomic E-state index is -4.75. The van der Waals surface area contributed by atoms with Gasteiger partial charge in [0.1, 0.15) is 5.75 Å². The van der Waals surface area contributed by atoms with Crippen LogP contribution in [0.15, 0.2) is 28.9 Å². The van der Waals surface area contributed by atoms with Gasteiger partial charge in [-0.15, -0.1) is 13.2 Å². The topological polar surface area (TPSA) is 22.1 Å². The molecule has 7 heteroatoms. The molecule has 2 rings (SSSR count). The third kappa shape index (κ3) is 2.81. The van der Waals surface area contributed by atoms with Crippen molar-refractivity contribution >= 4 is 38.4 Å². The third-order valence-corrected chi connectivity index (χ3v) is 2.92. The lowest BCUT2D eigenvalue weighted by atomic mass is 10.2. The fourth-order valence-corrected chi connectivity index (χ4v) is 1.94. The van der Waals surface area contributed by atoms with Crippen LogP contribution in [-0.2, 0) is 0 Å². The molecule has 2 nitrogen and oxygen atoms in total. The lowest BCUT2D eigenvalue weighted by molar-refractivity contribution is -0.274. The van der Waals surface area contributed by atoms with Gasteiger partial charge in [-0.05, 0) is 34.1 Å². The quantitative estimate of drug-likeness (QED) is 0.767. The Bertz CT molecular complexity index is 573. The molecule has 2 aromatic rings. The summed E-state index contributed by atoms with van der Waals surface area (Å²) in [7, 11) is 0. The monoisotopic (exact) mass is 325 g/mol. The summed E-state index contributed by atoms with van der Waals surface area (Å²) < 4.78 is 40.4. The smallest absolute Gasteiger partial charge is 0.405 e. The lowest BCUT2D eigenvalue weighted by Gasteiger charge is -2.11. The van der Waals surface area contributed by atoms with Crippen molar-refractivity contribution in [2.45, 2.75) is 6.36 Å². The molecule has 0 spiro atoms. The molecule has 0 bridgehead atoms. The van der Waals surface area contributed by atoms with Gasteiger partial charge in [-0.25, -0.2) is 0 Å². The Morgan fingerprint density at radius 3 is 2.65 bits per heavy atom. The van der Waals surface area contributed by atoms with E-state index >= 15 is 0 Å². The van der Waals surface area contributed by atoms with Crippen LogP contribution in [0.25, 0.3) is 10.9 Å². The number of benzene rings is 1. The van der Waals surface area contributed by atoms with E-state index in [9.17, 15) is 13.2 Å². The predicted octanol–water partition coefficient (Wildman–Crippen LogP) is 4.55. The molecule has 90 valence electrons. The first kappa shape index (κ1) is 12.4. The Hall–Kier alpha value is -1.01. The number of fused-ring (bicyclic) bond motifs is 1. The van der Waals surface area contributed by atoms with Gasteiger partial charge in [0.15, 0.2) is 0 Å². The molecule has 17 heavy (non-hydrogen) atoms. The number of ether oxygens (including phenoxy) is 1. The van der Waals surface area contributed by atoms with Crippen molar-refractivity contribution < 1.29 is 17.9 Å². The highest BCUT2D eigenvalue weighted by Gasteiger charge is 2.32. The molecule has 0 aliphatic carbocycles. The van der Waals surface area contributed by atoms with Gasteiger partial charge in [-0.3, -0.25) is 4.98 Å². The number of alkyl halides is 3. The summed E-state index contributed by atoms with van der Waals surface area (Å²) in [5.74, 6) is -0.347. The lowest BCUT2D eigenvalue weighted by Crippen LogP contribution is -2.17. The van der Waals surface area contributed by atoms with E-state index < -0.39 is 6.36 Å². The Kier molecular flexibility index (Phi) is 3.18. The fourth-order valence-electron chi connectivity index (χ4n) is 1.32. The van der Waals surface area contributed by atoms with Crippen LogP contribution in [0.3, 0.4) is 0 Å². The number of pyridine rings is 1. The highest BCUT2D eigenvalue weighted by molar-refractivity contribution is 9.10. The Morgan fingerprint density at radius 1 is 1.29 bits per heavy atom. The maximum Gasteiger partial charge on any atom is 0.573 e. The summed E-state index contributed by atoms with van der Waals surface area (Å²) in [6, 6.07) is 4.11. The van der Waals surface area contributed by atoms with E-state index in [-0.39, 0.29) is 10.2 Å². The molecule has 1 aromatic heterocycles. The van der Waals surface area contributed by atoms with Crippen molar-refractivity contribution in [3.8, 4) is 5.75 Å². The normalized spacial score (nSPS) is 11.8. The molecular weight excluding hydrogens is 322 g/mol. The first-order chi connectivity index (χ1) is 7.87. The minimum absolute atomic E-state index is 0.164. The first-order valence-corrected chi connectivity index (χ1v) is 5.53. The summed E-state index contributed by atoms with van der Waals surface area (Å²) in [5, 5.41) is 0.714. The Morgan fingerprint density at radius 2 is 2.00 bits per heavy atom. The van der Waals surface area contributed by atoms with Crippen LogP contribution >= 0.6 is 27.5 Å². The van der Waals surface area contributed by atoms with Crippen LogP contribution in [-0.4, -0.2) is 11.3 Å². The van der Waals surface area contributed by atoms with E-state index in [4.69, 9.17) is 11.6 Å². The molecule has 0 fully saturated rings. The van der Waals surface area contributed by atoms with Crippen molar-refractivity contribution in [1.82, 2.24) is 4.98 Å². The first-order valence-electron chi connectivity index (χ1n) is 4.36. The second-order valence-corrected chi connectivity index (χ2v) is 4.40. The summed E-state index contributed by atoms with van der Waals surface area (Å²) in [6.45, 7) is 0. The minimum Gasteiger partial charge on any atom is -0.405 e. The molecule has 0 amide bonds. The van der Waals surface area contributed by atoms with Crippen LogP contribution in [0, 0.1) is 0 Å². The van der Waals surface area contributed by atoms with Gasteiger partial charge in [-0.2, -0.15) is 0 Å². The highest BCUT2D eigenvalue weighted by Crippen LogP contribution is 2.35. The van der Waals surface area contributed by atoms with Gasteiger partial charge in [0, 0.05) is 11.6 Å². The zero-order valence-corrected chi connectivity index (χ0v) is 10.4. The van der Waals surface area contributed by atoms with Crippen molar-refractivity contribution in [3.63, 3.8) is 0 Å². The summed E-state index contributed by atoms with van der Waals surface area (Å²) in [4.78, 5) is 3.99. The summed E-state index contributed by atoms with van der Waals surface area (Å²) >= 11 is 8.85. The van der Waals surface area contributed by atoms with Gasteiger partial charge in [0.2, 0.25) is 0 Å². The molecular formula is C10H4BrClF3NO. The molecule has 0 N–H and O–H groups in total. The highest BCUT2D eigenvalue weighted by atomic mass is 79.9. The van der Waals surface area contributed by atoms with E-state index in [1.54, 1.807) is 0 Å². The van der Waals surface area contributed by atoms with Crippen LogP contribution in [0.4, 0.5) is 13.2 Å². The molecule has 0 aliphatic rings. The maximum absolute atomic E-state index is 12.1. The maximum atomic E-state index is 12.1.